The Labute approximate surface area is 142 Å². The second-order valence-corrected chi connectivity index (χ2v) is 6.70. The Morgan fingerprint density at radius 1 is 0.958 bits per heavy atom. The lowest BCUT2D eigenvalue weighted by molar-refractivity contribution is -0.146. The van der Waals surface area contributed by atoms with Gasteiger partial charge in [0.15, 0.2) is 6.61 Å². The SMILES string of the molecule is CC(C)(C)c1ccc(NC(=O)COC(=O)Cc2ccccc2)cc1. The Morgan fingerprint density at radius 2 is 1.58 bits per heavy atom. The van der Waals surface area contributed by atoms with Crippen LogP contribution in [0.5, 0.6) is 0 Å². The van der Waals surface area contributed by atoms with Crippen molar-refractivity contribution < 1.29 is 14.3 Å². The lowest BCUT2D eigenvalue weighted by atomic mass is 9.87. The van der Waals surface area contributed by atoms with Crippen LogP contribution in [0.25, 0.3) is 0 Å². The van der Waals surface area contributed by atoms with Crippen molar-refractivity contribution in [2.75, 3.05) is 11.9 Å². The molecule has 0 aliphatic rings. The summed E-state index contributed by atoms with van der Waals surface area (Å²) in [5.41, 5.74) is 2.80. The predicted molar refractivity (Wildman–Crippen MR) is 94.9 cm³/mol. The Kier molecular flexibility index (Phi) is 5.74. The number of esters is 1. The molecule has 4 nitrogen and oxygen atoms in total. The van der Waals surface area contributed by atoms with E-state index < -0.39 is 5.97 Å². The normalized spacial score (nSPS) is 11.0. The molecule has 1 amide bonds. The number of nitrogens with one attached hydrogen (secondary N) is 1. The standard InChI is InChI=1S/C20H23NO3/c1-20(2,3)16-9-11-17(12-10-16)21-18(22)14-24-19(23)13-15-7-5-4-6-8-15/h4-12H,13-14H2,1-3H3,(H,21,22). The first kappa shape index (κ1) is 17.7. The number of hydrogen-bond acceptors (Lipinski definition) is 3. The third-order valence-electron chi connectivity index (χ3n) is 3.59. The van der Waals surface area contributed by atoms with Crippen molar-refractivity contribution in [1.29, 1.82) is 0 Å². The highest BCUT2D eigenvalue weighted by molar-refractivity contribution is 5.92. The minimum absolute atomic E-state index is 0.0650. The van der Waals surface area contributed by atoms with E-state index in [2.05, 4.69) is 26.1 Å². The number of hydrogen-bond donors (Lipinski definition) is 1. The van der Waals surface area contributed by atoms with E-state index in [9.17, 15) is 9.59 Å². The van der Waals surface area contributed by atoms with E-state index in [0.717, 1.165) is 5.56 Å². The molecule has 2 rings (SSSR count). The molecule has 2 aromatic carbocycles. The molecule has 4 heteroatoms. The first-order valence-electron chi connectivity index (χ1n) is 7.94. The number of ether oxygens (including phenoxy) is 1. The zero-order chi connectivity index (χ0) is 17.6. The van der Waals surface area contributed by atoms with Crippen molar-refractivity contribution in [3.05, 3.63) is 65.7 Å². The summed E-state index contributed by atoms with van der Waals surface area (Å²) >= 11 is 0. The quantitative estimate of drug-likeness (QED) is 0.853. The topological polar surface area (TPSA) is 55.4 Å². The highest BCUT2D eigenvalue weighted by Crippen LogP contribution is 2.23. The fraction of sp³-hybridized carbons (Fsp3) is 0.300. The van der Waals surface area contributed by atoms with E-state index in [1.165, 1.54) is 5.56 Å². The lowest BCUT2D eigenvalue weighted by Gasteiger charge is -2.19. The molecule has 0 fully saturated rings. The molecule has 0 spiro atoms. The summed E-state index contributed by atoms with van der Waals surface area (Å²) in [5.74, 6) is -0.764. The molecule has 0 saturated heterocycles. The average molecular weight is 325 g/mol. The molecule has 0 aliphatic carbocycles. The minimum atomic E-state index is -0.417. The van der Waals surface area contributed by atoms with Gasteiger partial charge in [-0.1, -0.05) is 63.2 Å². The van der Waals surface area contributed by atoms with Gasteiger partial charge in [-0.3, -0.25) is 9.59 Å². The van der Waals surface area contributed by atoms with Crippen LogP contribution < -0.4 is 5.32 Å². The Balaban J connectivity index is 1.80. The van der Waals surface area contributed by atoms with Crippen LogP contribution >= 0.6 is 0 Å². The summed E-state index contributed by atoms with van der Waals surface area (Å²) in [6.45, 7) is 6.11. The summed E-state index contributed by atoms with van der Waals surface area (Å²) in [6, 6.07) is 17.0. The van der Waals surface area contributed by atoms with Gasteiger partial charge in [-0.15, -0.1) is 0 Å². The van der Waals surface area contributed by atoms with E-state index in [4.69, 9.17) is 4.74 Å². The molecule has 126 valence electrons. The smallest absolute Gasteiger partial charge is 0.310 e. The number of rotatable bonds is 5. The van der Waals surface area contributed by atoms with E-state index in [-0.39, 0.29) is 24.3 Å². The second-order valence-electron chi connectivity index (χ2n) is 6.70. The van der Waals surface area contributed by atoms with Gasteiger partial charge in [0.2, 0.25) is 0 Å². The van der Waals surface area contributed by atoms with Crippen LogP contribution in [0.2, 0.25) is 0 Å². The molecule has 2 aromatic rings. The first-order valence-corrected chi connectivity index (χ1v) is 7.94. The van der Waals surface area contributed by atoms with Gasteiger partial charge < -0.3 is 10.1 Å². The summed E-state index contributed by atoms with van der Waals surface area (Å²) in [5, 5.41) is 2.72. The minimum Gasteiger partial charge on any atom is -0.455 e. The maximum absolute atomic E-state index is 11.9. The van der Waals surface area contributed by atoms with Crippen molar-refractivity contribution in [2.45, 2.75) is 32.6 Å². The van der Waals surface area contributed by atoms with Crippen LogP contribution in [0.1, 0.15) is 31.9 Å². The van der Waals surface area contributed by atoms with Gasteiger partial charge in [0, 0.05) is 5.69 Å². The van der Waals surface area contributed by atoms with E-state index in [0.29, 0.717) is 5.69 Å². The fourth-order valence-corrected chi connectivity index (χ4v) is 2.21. The zero-order valence-electron chi connectivity index (χ0n) is 14.3. The molecule has 1 N–H and O–H groups in total. The van der Waals surface area contributed by atoms with Crippen LogP contribution in [-0.4, -0.2) is 18.5 Å². The van der Waals surface area contributed by atoms with Gasteiger partial charge in [-0.25, -0.2) is 0 Å². The molecule has 0 bridgehead atoms. The number of amides is 1. The Morgan fingerprint density at radius 3 is 2.17 bits per heavy atom. The van der Waals surface area contributed by atoms with Crippen LogP contribution in [-0.2, 0) is 26.2 Å². The van der Waals surface area contributed by atoms with Gasteiger partial charge in [-0.05, 0) is 28.7 Å². The van der Waals surface area contributed by atoms with E-state index in [1.54, 1.807) is 0 Å². The molecule has 0 unspecified atom stereocenters. The van der Waals surface area contributed by atoms with Crippen molar-refractivity contribution in [3.63, 3.8) is 0 Å². The number of carbonyl (C=O) groups excluding carboxylic acids is 2. The highest BCUT2D eigenvalue weighted by Gasteiger charge is 2.13. The van der Waals surface area contributed by atoms with Gasteiger partial charge in [0.25, 0.3) is 5.91 Å². The van der Waals surface area contributed by atoms with Crippen LogP contribution in [0.3, 0.4) is 0 Å². The second kappa shape index (κ2) is 7.77. The zero-order valence-corrected chi connectivity index (χ0v) is 14.3. The maximum Gasteiger partial charge on any atom is 0.310 e. The molecule has 0 atom stereocenters. The highest BCUT2D eigenvalue weighted by atomic mass is 16.5. The molecule has 0 heterocycles. The average Bonchev–Trinajstić information content (AvgIpc) is 2.53. The van der Waals surface area contributed by atoms with Gasteiger partial charge >= 0.3 is 5.97 Å². The van der Waals surface area contributed by atoms with E-state index >= 15 is 0 Å². The molecule has 0 saturated carbocycles. The number of benzene rings is 2. The molecule has 0 radical (unpaired) electrons. The summed E-state index contributed by atoms with van der Waals surface area (Å²) < 4.78 is 5.01. The molecular weight excluding hydrogens is 302 g/mol. The molecular formula is C20H23NO3. The van der Waals surface area contributed by atoms with Crippen LogP contribution in [0.4, 0.5) is 5.69 Å². The fourth-order valence-electron chi connectivity index (χ4n) is 2.21. The Bertz CT molecular complexity index is 685. The lowest BCUT2D eigenvalue weighted by Crippen LogP contribution is -2.21. The number of carbonyl (C=O) groups is 2. The van der Waals surface area contributed by atoms with Crippen LogP contribution in [0.15, 0.2) is 54.6 Å². The van der Waals surface area contributed by atoms with Gasteiger partial charge in [0.05, 0.1) is 6.42 Å². The summed E-state index contributed by atoms with van der Waals surface area (Å²) in [4.78, 5) is 23.6. The summed E-state index contributed by atoms with van der Waals surface area (Å²) in [6.07, 6.45) is 0.161. The van der Waals surface area contributed by atoms with Crippen molar-refractivity contribution in [2.24, 2.45) is 0 Å². The van der Waals surface area contributed by atoms with Gasteiger partial charge in [-0.2, -0.15) is 0 Å². The third-order valence-corrected chi connectivity index (χ3v) is 3.59. The largest absolute Gasteiger partial charge is 0.455 e. The van der Waals surface area contributed by atoms with Crippen molar-refractivity contribution in [1.82, 2.24) is 0 Å². The van der Waals surface area contributed by atoms with Gasteiger partial charge in [0.1, 0.15) is 0 Å². The first-order chi connectivity index (χ1) is 11.3. The predicted octanol–water partition coefficient (Wildman–Crippen LogP) is 3.71. The number of anilines is 1. The van der Waals surface area contributed by atoms with E-state index in [1.807, 2.05) is 54.6 Å². The maximum atomic E-state index is 11.9. The molecule has 0 aromatic heterocycles. The summed E-state index contributed by atoms with van der Waals surface area (Å²) in [7, 11) is 0. The van der Waals surface area contributed by atoms with Crippen LogP contribution in [0, 0.1) is 0 Å². The monoisotopic (exact) mass is 325 g/mol. The molecule has 24 heavy (non-hydrogen) atoms. The van der Waals surface area contributed by atoms with Crippen molar-refractivity contribution >= 4 is 17.6 Å². The van der Waals surface area contributed by atoms with Crippen molar-refractivity contribution in [3.8, 4) is 0 Å². The molecule has 0 aliphatic heterocycles. The Hall–Kier alpha value is -2.62. The third kappa shape index (κ3) is 5.54.